The number of carbonyl (C=O) groups is 3. The van der Waals surface area contributed by atoms with E-state index in [1.165, 1.54) is 30.8 Å². The highest BCUT2D eigenvalue weighted by molar-refractivity contribution is 8.14. The number of nitrogens with one attached hydrogen (secondary N) is 1. The van der Waals surface area contributed by atoms with E-state index in [4.69, 9.17) is 16.3 Å². The molecule has 11 heteroatoms. The standard InChI is InChI=1S/C17H18ClN5O4S/c1-21-14-13(15(25)23(3)17(26)22(14)2)20-16(21)28-8-12(24)19-10-7-9(18)5-6-11(10)27-4/h5-7,13H,8H2,1-4H3/p+1. The van der Waals surface area contributed by atoms with Crippen molar-refractivity contribution in [1.29, 1.82) is 0 Å². The summed E-state index contributed by atoms with van der Waals surface area (Å²) in [5.74, 6) is 0.351. The number of thioether (sulfide) groups is 1. The number of aliphatic imine (C=N–C) groups is 1. The third-order valence-corrected chi connectivity index (χ3v) is 5.64. The maximum Gasteiger partial charge on any atom is 0.388 e. The van der Waals surface area contributed by atoms with Gasteiger partial charge in [-0.15, -0.1) is 4.99 Å². The molecular weight excluding hydrogens is 406 g/mol. The lowest BCUT2D eigenvalue weighted by Gasteiger charge is -2.27. The molecule has 1 unspecified atom stereocenters. The maximum atomic E-state index is 12.4. The summed E-state index contributed by atoms with van der Waals surface area (Å²) in [5.41, 5.74) is 0.465. The van der Waals surface area contributed by atoms with Crippen molar-refractivity contribution in [3.63, 3.8) is 0 Å². The average molecular weight is 425 g/mol. The lowest BCUT2D eigenvalue weighted by atomic mass is 10.2. The summed E-state index contributed by atoms with van der Waals surface area (Å²) in [5, 5.41) is 3.70. The normalized spacial score (nSPS) is 19.0. The molecule has 2 heterocycles. The Kier molecular flexibility index (Phi) is 5.61. The number of ether oxygens (including phenoxy) is 1. The van der Waals surface area contributed by atoms with Crippen LogP contribution in [0.1, 0.15) is 0 Å². The third kappa shape index (κ3) is 3.57. The molecule has 1 saturated heterocycles. The van der Waals surface area contributed by atoms with Crippen molar-refractivity contribution in [3.05, 3.63) is 23.2 Å². The van der Waals surface area contributed by atoms with Crippen molar-refractivity contribution in [2.24, 2.45) is 4.99 Å². The van der Waals surface area contributed by atoms with Crippen LogP contribution < -0.4 is 10.1 Å². The first-order chi connectivity index (χ1) is 13.2. The second-order valence-corrected chi connectivity index (χ2v) is 7.53. The van der Waals surface area contributed by atoms with E-state index in [2.05, 4.69) is 10.3 Å². The second-order valence-electron chi connectivity index (χ2n) is 6.15. The number of hydrogen-bond acceptors (Lipinski definition) is 6. The summed E-state index contributed by atoms with van der Waals surface area (Å²) in [4.78, 5) is 43.6. The Hall–Kier alpha value is -2.59. The molecule has 1 atom stereocenters. The Labute approximate surface area is 171 Å². The van der Waals surface area contributed by atoms with E-state index in [0.29, 0.717) is 27.5 Å². The van der Waals surface area contributed by atoms with E-state index in [0.717, 1.165) is 4.90 Å². The summed E-state index contributed by atoms with van der Waals surface area (Å²) in [6, 6.07) is 3.72. The van der Waals surface area contributed by atoms with E-state index in [1.807, 2.05) is 0 Å². The molecule has 0 bridgehead atoms. The van der Waals surface area contributed by atoms with Gasteiger partial charge < -0.3 is 10.1 Å². The lowest BCUT2D eigenvalue weighted by Crippen LogP contribution is -2.59. The Morgan fingerprint density at radius 2 is 2.07 bits per heavy atom. The van der Waals surface area contributed by atoms with Gasteiger partial charge in [-0.3, -0.25) is 14.5 Å². The number of imide groups is 1. The Bertz CT molecular complexity index is 932. The number of benzene rings is 1. The number of carbonyl (C=O) groups excluding carboxylic acids is 3. The van der Waals surface area contributed by atoms with Crippen LogP contribution in [0.2, 0.25) is 5.02 Å². The number of methoxy groups -OCH3 is 1. The Morgan fingerprint density at radius 1 is 1.36 bits per heavy atom. The molecule has 2 aliphatic heterocycles. The molecule has 0 spiro atoms. The van der Waals surface area contributed by atoms with E-state index < -0.39 is 18.0 Å². The molecule has 148 valence electrons. The number of amides is 4. The fourth-order valence-corrected chi connectivity index (χ4v) is 3.91. The minimum atomic E-state index is -0.781. The van der Waals surface area contributed by atoms with Gasteiger partial charge in [0.25, 0.3) is 23.0 Å². The first kappa shape index (κ1) is 20.2. The summed E-state index contributed by atoms with van der Waals surface area (Å²) in [6.07, 6.45) is 0. The molecule has 28 heavy (non-hydrogen) atoms. The molecule has 4 amide bonds. The minimum Gasteiger partial charge on any atom is -0.495 e. The number of hydrogen-bond donors (Lipinski definition) is 1. The summed E-state index contributed by atoms with van der Waals surface area (Å²) >= 11 is 7.14. The van der Waals surface area contributed by atoms with Crippen molar-refractivity contribution < 1.29 is 23.7 Å². The van der Waals surface area contributed by atoms with Gasteiger partial charge in [0.05, 0.1) is 32.6 Å². The number of amidine groups is 2. The van der Waals surface area contributed by atoms with Crippen LogP contribution >= 0.6 is 23.4 Å². The van der Waals surface area contributed by atoms with Gasteiger partial charge in [0, 0.05) is 12.1 Å². The summed E-state index contributed by atoms with van der Waals surface area (Å²) in [6.45, 7) is 0. The highest BCUT2D eigenvalue weighted by Crippen LogP contribution is 2.28. The number of halogens is 1. The van der Waals surface area contributed by atoms with E-state index >= 15 is 0 Å². The minimum absolute atomic E-state index is 0.0561. The van der Waals surface area contributed by atoms with Crippen molar-refractivity contribution in [2.75, 3.05) is 39.3 Å². The van der Waals surface area contributed by atoms with Crippen LogP contribution in [0.3, 0.4) is 0 Å². The molecule has 1 aromatic rings. The SMILES string of the molecule is COc1ccc(Cl)cc1NC(=O)CSC1=NC2C(=O)N(C)C(=O)N(C)C2=[N+]1C. The van der Waals surface area contributed by atoms with Gasteiger partial charge in [0.2, 0.25) is 5.91 Å². The van der Waals surface area contributed by atoms with Crippen molar-refractivity contribution in [2.45, 2.75) is 6.04 Å². The number of rotatable bonds is 4. The largest absolute Gasteiger partial charge is 0.495 e. The molecular formula is C17H19ClN5O4S+. The highest BCUT2D eigenvalue weighted by Gasteiger charge is 2.51. The lowest BCUT2D eigenvalue weighted by molar-refractivity contribution is -0.367. The Morgan fingerprint density at radius 3 is 2.75 bits per heavy atom. The van der Waals surface area contributed by atoms with Crippen LogP contribution in [0.4, 0.5) is 10.5 Å². The molecule has 0 aliphatic carbocycles. The Balaban J connectivity index is 1.71. The molecule has 0 saturated carbocycles. The smallest absolute Gasteiger partial charge is 0.388 e. The zero-order valence-corrected chi connectivity index (χ0v) is 17.3. The van der Waals surface area contributed by atoms with Gasteiger partial charge in [-0.25, -0.2) is 14.3 Å². The molecule has 1 fully saturated rings. The number of urea groups is 1. The van der Waals surface area contributed by atoms with Crippen LogP contribution in [-0.2, 0) is 9.59 Å². The predicted octanol–water partition coefficient (Wildman–Crippen LogP) is 1.32. The van der Waals surface area contributed by atoms with E-state index in [9.17, 15) is 14.4 Å². The zero-order chi connectivity index (χ0) is 20.6. The molecule has 2 aliphatic rings. The fraction of sp³-hybridized carbons (Fsp3) is 0.353. The van der Waals surface area contributed by atoms with Gasteiger partial charge in [0.15, 0.2) is 0 Å². The molecule has 1 N–H and O–H groups in total. The number of fused-ring (bicyclic) bond motifs is 1. The van der Waals surface area contributed by atoms with Gasteiger partial charge in [-0.1, -0.05) is 11.6 Å². The number of likely N-dealkylation sites (N-methyl/N-ethyl adjacent to an activating group) is 2. The van der Waals surface area contributed by atoms with Crippen LogP contribution in [-0.4, -0.2) is 83.3 Å². The van der Waals surface area contributed by atoms with Gasteiger partial charge in [0.1, 0.15) is 5.75 Å². The fourth-order valence-electron chi connectivity index (χ4n) is 2.94. The summed E-state index contributed by atoms with van der Waals surface area (Å²) < 4.78 is 6.87. The number of anilines is 1. The molecule has 9 nitrogen and oxygen atoms in total. The van der Waals surface area contributed by atoms with Crippen LogP contribution in [0.15, 0.2) is 23.2 Å². The molecule has 0 aromatic heterocycles. The van der Waals surface area contributed by atoms with Crippen molar-refractivity contribution >= 4 is 57.9 Å². The van der Waals surface area contributed by atoms with Crippen LogP contribution in [0.25, 0.3) is 0 Å². The highest BCUT2D eigenvalue weighted by atomic mass is 35.5. The quantitative estimate of drug-likeness (QED) is 0.736. The molecule has 1 aromatic carbocycles. The van der Waals surface area contributed by atoms with Crippen molar-refractivity contribution in [3.8, 4) is 5.75 Å². The van der Waals surface area contributed by atoms with Gasteiger partial charge in [-0.05, 0) is 30.0 Å². The first-order valence-corrected chi connectivity index (χ1v) is 9.60. The number of nitrogens with zero attached hydrogens (tertiary/aromatic N) is 4. The second kappa shape index (κ2) is 7.80. The monoisotopic (exact) mass is 424 g/mol. The van der Waals surface area contributed by atoms with Gasteiger partial charge in [-0.2, -0.15) is 0 Å². The average Bonchev–Trinajstić information content (AvgIpc) is 3.00. The molecule has 3 rings (SSSR count). The summed E-state index contributed by atoms with van der Waals surface area (Å²) in [7, 11) is 6.22. The molecule has 0 radical (unpaired) electrons. The van der Waals surface area contributed by atoms with E-state index in [-0.39, 0.29) is 11.7 Å². The topological polar surface area (TPSA) is 94.3 Å². The predicted molar refractivity (Wildman–Crippen MR) is 107 cm³/mol. The van der Waals surface area contributed by atoms with Gasteiger partial charge >= 0.3 is 6.03 Å². The van der Waals surface area contributed by atoms with E-state index in [1.54, 1.807) is 36.9 Å². The third-order valence-electron chi connectivity index (χ3n) is 4.36. The van der Waals surface area contributed by atoms with Crippen molar-refractivity contribution in [1.82, 2.24) is 9.80 Å². The van der Waals surface area contributed by atoms with Crippen LogP contribution in [0.5, 0.6) is 5.75 Å². The zero-order valence-electron chi connectivity index (χ0n) is 15.7. The first-order valence-electron chi connectivity index (χ1n) is 8.24. The maximum absolute atomic E-state index is 12.4. The van der Waals surface area contributed by atoms with Crippen LogP contribution in [0, 0.1) is 0 Å².